The molecule has 1 aromatic rings. The molecular formula is C11H16N2O3. The Morgan fingerprint density at radius 1 is 1.50 bits per heavy atom. The number of hydrogen-bond donors (Lipinski definition) is 1. The highest BCUT2D eigenvalue weighted by molar-refractivity contribution is 5.93. The van der Waals surface area contributed by atoms with Crippen molar-refractivity contribution in [2.75, 3.05) is 5.73 Å². The Balaban J connectivity index is 1.91. The van der Waals surface area contributed by atoms with E-state index in [1.165, 1.54) is 6.20 Å². The normalized spacial score (nSPS) is 25.3. The quantitative estimate of drug-likeness (QED) is 0.777. The van der Waals surface area contributed by atoms with Gasteiger partial charge in [-0.3, -0.25) is 0 Å². The molecule has 1 aliphatic carbocycles. The van der Waals surface area contributed by atoms with Gasteiger partial charge >= 0.3 is 5.97 Å². The number of anilines is 1. The summed E-state index contributed by atoms with van der Waals surface area (Å²) in [5, 5.41) is 3.45. The highest BCUT2D eigenvalue weighted by Gasteiger charge is 2.24. The van der Waals surface area contributed by atoms with Crippen molar-refractivity contribution in [2.24, 2.45) is 5.92 Å². The molecule has 0 unspecified atom stereocenters. The second-order valence-electron chi connectivity index (χ2n) is 4.39. The first-order chi connectivity index (χ1) is 7.66. The Bertz CT molecular complexity index is 367. The van der Waals surface area contributed by atoms with Crippen molar-refractivity contribution >= 4 is 11.9 Å². The van der Waals surface area contributed by atoms with E-state index in [0.717, 1.165) is 31.6 Å². The van der Waals surface area contributed by atoms with E-state index in [-0.39, 0.29) is 17.6 Å². The highest BCUT2D eigenvalue weighted by atomic mass is 16.5. The number of esters is 1. The van der Waals surface area contributed by atoms with E-state index in [0.29, 0.717) is 0 Å². The van der Waals surface area contributed by atoms with Crippen molar-refractivity contribution in [2.45, 2.75) is 38.7 Å². The molecule has 1 saturated carbocycles. The van der Waals surface area contributed by atoms with E-state index in [9.17, 15) is 4.79 Å². The van der Waals surface area contributed by atoms with Gasteiger partial charge in [-0.15, -0.1) is 0 Å². The van der Waals surface area contributed by atoms with Gasteiger partial charge in [-0.2, -0.15) is 0 Å². The van der Waals surface area contributed by atoms with Crippen LogP contribution in [0.5, 0.6) is 0 Å². The SMILES string of the molecule is CC1CCC(OC(=O)c2cnoc2N)CC1. The number of nitrogen functional groups attached to an aromatic ring is 1. The molecule has 0 bridgehead atoms. The average molecular weight is 224 g/mol. The molecule has 1 aliphatic rings. The standard InChI is InChI=1S/C11H16N2O3/c1-7-2-4-8(5-3-7)15-11(14)9-6-13-16-10(9)12/h6-8H,2-5,12H2,1H3. The third-order valence-electron chi connectivity index (χ3n) is 3.05. The Kier molecular flexibility index (Phi) is 3.12. The molecule has 1 aromatic heterocycles. The molecule has 1 fully saturated rings. The highest BCUT2D eigenvalue weighted by Crippen LogP contribution is 2.26. The average Bonchev–Trinajstić information content (AvgIpc) is 2.68. The maximum Gasteiger partial charge on any atom is 0.345 e. The molecule has 88 valence electrons. The van der Waals surface area contributed by atoms with Crippen LogP contribution in [0.4, 0.5) is 5.88 Å². The Morgan fingerprint density at radius 2 is 2.19 bits per heavy atom. The lowest BCUT2D eigenvalue weighted by atomic mass is 9.89. The summed E-state index contributed by atoms with van der Waals surface area (Å²) in [7, 11) is 0. The van der Waals surface area contributed by atoms with Crippen LogP contribution in [0.2, 0.25) is 0 Å². The van der Waals surface area contributed by atoms with Crippen LogP contribution < -0.4 is 5.73 Å². The second-order valence-corrected chi connectivity index (χ2v) is 4.39. The summed E-state index contributed by atoms with van der Waals surface area (Å²) in [4.78, 5) is 11.7. The Hall–Kier alpha value is -1.52. The Labute approximate surface area is 93.9 Å². The fourth-order valence-corrected chi connectivity index (χ4v) is 1.96. The van der Waals surface area contributed by atoms with Gasteiger partial charge in [0.15, 0.2) is 0 Å². The molecule has 5 nitrogen and oxygen atoms in total. The van der Waals surface area contributed by atoms with Crippen LogP contribution in [0.25, 0.3) is 0 Å². The first-order valence-electron chi connectivity index (χ1n) is 5.58. The van der Waals surface area contributed by atoms with Gasteiger partial charge in [-0.1, -0.05) is 12.1 Å². The zero-order valence-electron chi connectivity index (χ0n) is 9.31. The molecule has 0 aliphatic heterocycles. The van der Waals surface area contributed by atoms with E-state index in [1.807, 2.05) is 0 Å². The van der Waals surface area contributed by atoms with E-state index in [1.54, 1.807) is 0 Å². The minimum atomic E-state index is -0.432. The minimum Gasteiger partial charge on any atom is -0.459 e. The topological polar surface area (TPSA) is 78.3 Å². The summed E-state index contributed by atoms with van der Waals surface area (Å²) in [6.07, 6.45) is 5.38. The summed E-state index contributed by atoms with van der Waals surface area (Å²) < 4.78 is 9.96. The first kappa shape index (κ1) is 11.0. The molecule has 2 N–H and O–H groups in total. The van der Waals surface area contributed by atoms with Gasteiger partial charge in [0.1, 0.15) is 11.7 Å². The van der Waals surface area contributed by atoms with Gasteiger partial charge in [-0.25, -0.2) is 4.79 Å². The number of aromatic nitrogens is 1. The van der Waals surface area contributed by atoms with Gasteiger partial charge in [-0.05, 0) is 31.6 Å². The molecule has 0 amide bonds. The van der Waals surface area contributed by atoms with Crippen LogP contribution in [0, 0.1) is 5.92 Å². The smallest absolute Gasteiger partial charge is 0.345 e. The number of carbonyl (C=O) groups is 1. The number of rotatable bonds is 2. The van der Waals surface area contributed by atoms with E-state index < -0.39 is 5.97 Å². The largest absolute Gasteiger partial charge is 0.459 e. The molecule has 16 heavy (non-hydrogen) atoms. The van der Waals surface area contributed by atoms with Gasteiger partial charge in [0.25, 0.3) is 0 Å². The number of nitrogens with zero attached hydrogens (tertiary/aromatic N) is 1. The van der Waals surface area contributed by atoms with Crippen molar-refractivity contribution in [3.63, 3.8) is 0 Å². The lowest BCUT2D eigenvalue weighted by molar-refractivity contribution is 0.0174. The predicted octanol–water partition coefficient (Wildman–Crippen LogP) is 1.99. The zero-order valence-corrected chi connectivity index (χ0v) is 9.31. The number of carbonyl (C=O) groups excluding carboxylic acids is 1. The predicted molar refractivity (Wildman–Crippen MR) is 57.8 cm³/mol. The van der Waals surface area contributed by atoms with Gasteiger partial charge < -0.3 is 15.0 Å². The van der Waals surface area contributed by atoms with Gasteiger partial charge in [0.05, 0.1) is 6.20 Å². The van der Waals surface area contributed by atoms with Crippen LogP contribution in [0.3, 0.4) is 0 Å². The fourth-order valence-electron chi connectivity index (χ4n) is 1.96. The van der Waals surface area contributed by atoms with Crippen LogP contribution >= 0.6 is 0 Å². The first-order valence-corrected chi connectivity index (χ1v) is 5.58. The van der Waals surface area contributed by atoms with Crippen molar-refractivity contribution < 1.29 is 14.1 Å². The number of ether oxygens (including phenoxy) is 1. The molecular weight excluding hydrogens is 208 g/mol. The summed E-state index contributed by atoms with van der Waals surface area (Å²) >= 11 is 0. The monoisotopic (exact) mass is 224 g/mol. The summed E-state index contributed by atoms with van der Waals surface area (Å²) in [6, 6.07) is 0. The van der Waals surface area contributed by atoms with E-state index >= 15 is 0 Å². The van der Waals surface area contributed by atoms with Crippen LogP contribution in [0.1, 0.15) is 43.0 Å². The summed E-state index contributed by atoms with van der Waals surface area (Å²) in [6.45, 7) is 2.22. The Morgan fingerprint density at radius 3 is 2.75 bits per heavy atom. The van der Waals surface area contributed by atoms with Gasteiger partial charge in [0, 0.05) is 0 Å². The summed E-state index contributed by atoms with van der Waals surface area (Å²) in [5.74, 6) is 0.322. The zero-order chi connectivity index (χ0) is 11.5. The minimum absolute atomic E-state index is 0.0120. The lowest BCUT2D eigenvalue weighted by Gasteiger charge is -2.25. The fraction of sp³-hybridized carbons (Fsp3) is 0.636. The molecule has 0 aromatic carbocycles. The third-order valence-corrected chi connectivity index (χ3v) is 3.05. The maximum absolute atomic E-state index is 11.7. The molecule has 0 radical (unpaired) electrons. The van der Waals surface area contributed by atoms with Crippen molar-refractivity contribution in [1.82, 2.24) is 5.16 Å². The van der Waals surface area contributed by atoms with Crippen LogP contribution in [0.15, 0.2) is 10.7 Å². The summed E-state index contributed by atoms with van der Waals surface area (Å²) in [5.41, 5.74) is 5.66. The van der Waals surface area contributed by atoms with Crippen molar-refractivity contribution in [3.8, 4) is 0 Å². The maximum atomic E-state index is 11.7. The third kappa shape index (κ3) is 2.35. The van der Waals surface area contributed by atoms with E-state index in [2.05, 4.69) is 16.6 Å². The lowest BCUT2D eigenvalue weighted by Crippen LogP contribution is -2.23. The number of nitrogens with two attached hydrogens (primary N) is 1. The molecule has 0 saturated heterocycles. The van der Waals surface area contributed by atoms with Crippen LogP contribution in [-0.2, 0) is 4.74 Å². The molecule has 0 spiro atoms. The van der Waals surface area contributed by atoms with Crippen molar-refractivity contribution in [1.29, 1.82) is 0 Å². The van der Waals surface area contributed by atoms with E-state index in [4.69, 9.17) is 10.5 Å². The molecule has 5 heteroatoms. The molecule has 2 rings (SSSR count). The van der Waals surface area contributed by atoms with Crippen molar-refractivity contribution in [3.05, 3.63) is 11.8 Å². The number of hydrogen-bond acceptors (Lipinski definition) is 5. The molecule has 1 heterocycles. The van der Waals surface area contributed by atoms with Gasteiger partial charge in [0.2, 0.25) is 5.88 Å². The molecule has 0 atom stereocenters. The second kappa shape index (κ2) is 4.55. The van der Waals surface area contributed by atoms with Crippen LogP contribution in [-0.4, -0.2) is 17.2 Å².